The van der Waals surface area contributed by atoms with E-state index in [1.807, 2.05) is 4.90 Å². The van der Waals surface area contributed by atoms with Crippen molar-refractivity contribution in [3.8, 4) is 0 Å². The SMILES string of the molecule is O=[N+]([O-])c1ccc2c(c1)SNCN2CCF. The van der Waals surface area contributed by atoms with E-state index in [1.165, 1.54) is 24.1 Å². The zero-order chi connectivity index (χ0) is 11.5. The zero-order valence-corrected chi connectivity index (χ0v) is 9.17. The molecule has 1 N–H and O–H groups in total. The topological polar surface area (TPSA) is 58.4 Å². The van der Waals surface area contributed by atoms with Crippen LogP contribution in [0.2, 0.25) is 0 Å². The number of alkyl halides is 1. The predicted molar refractivity (Wildman–Crippen MR) is 60.3 cm³/mol. The number of nitrogens with one attached hydrogen (secondary N) is 1. The van der Waals surface area contributed by atoms with Crippen molar-refractivity contribution < 1.29 is 9.31 Å². The second kappa shape index (κ2) is 4.67. The Hall–Kier alpha value is -1.34. The Morgan fingerprint density at radius 2 is 2.44 bits per heavy atom. The predicted octanol–water partition coefficient (Wildman–Crippen LogP) is 1.94. The third kappa shape index (κ3) is 2.10. The van der Waals surface area contributed by atoms with Crippen LogP contribution < -0.4 is 9.62 Å². The summed E-state index contributed by atoms with van der Waals surface area (Å²) in [6.07, 6.45) is 0. The molecule has 7 heteroatoms. The summed E-state index contributed by atoms with van der Waals surface area (Å²) < 4.78 is 15.3. The number of anilines is 1. The molecule has 0 amide bonds. The van der Waals surface area contributed by atoms with Gasteiger partial charge in [0.15, 0.2) is 0 Å². The minimum atomic E-state index is -0.442. The molecular formula is C9H10FN3O2S. The molecule has 1 aromatic rings. The van der Waals surface area contributed by atoms with Gasteiger partial charge in [-0.1, -0.05) is 0 Å². The molecule has 0 bridgehead atoms. The lowest BCUT2D eigenvalue weighted by molar-refractivity contribution is -0.385. The molecule has 1 aromatic carbocycles. The maximum atomic E-state index is 12.3. The standard InChI is InChI=1S/C9H10FN3O2S/c10-3-4-12-6-11-16-9-5-7(13(14)15)1-2-8(9)12/h1-2,5,11H,3-4,6H2. The first-order chi connectivity index (χ1) is 7.72. The van der Waals surface area contributed by atoms with Gasteiger partial charge in [-0.25, -0.2) is 9.11 Å². The zero-order valence-electron chi connectivity index (χ0n) is 8.35. The monoisotopic (exact) mass is 243 g/mol. The van der Waals surface area contributed by atoms with Crippen molar-refractivity contribution in [3.05, 3.63) is 28.3 Å². The van der Waals surface area contributed by atoms with Gasteiger partial charge in [0.25, 0.3) is 5.69 Å². The Kier molecular flexibility index (Phi) is 3.25. The van der Waals surface area contributed by atoms with Crippen molar-refractivity contribution >= 4 is 23.3 Å². The second-order valence-electron chi connectivity index (χ2n) is 3.27. The van der Waals surface area contributed by atoms with Gasteiger partial charge >= 0.3 is 0 Å². The van der Waals surface area contributed by atoms with Gasteiger partial charge in [-0.05, 0) is 18.0 Å². The minimum Gasteiger partial charge on any atom is -0.354 e. The fraction of sp³-hybridized carbons (Fsp3) is 0.333. The Morgan fingerprint density at radius 3 is 3.12 bits per heavy atom. The number of rotatable bonds is 3. The molecule has 0 unspecified atom stereocenters. The van der Waals surface area contributed by atoms with Gasteiger partial charge in [0.1, 0.15) is 6.67 Å². The lowest BCUT2D eigenvalue weighted by Crippen LogP contribution is -2.36. The fourth-order valence-corrected chi connectivity index (χ4v) is 2.39. The Labute approximate surface area is 95.9 Å². The van der Waals surface area contributed by atoms with Crippen molar-refractivity contribution in [3.63, 3.8) is 0 Å². The van der Waals surface area contributed by atoms with Crippen molar-refractivity contribution in [1.82, 2.24) is 4.72 Å². The highest BCUT2D eigenvalue weighted by Crippen LogP contribution is 2.34. The smallest absolute Gasteiger partial charge is 0.270 e. The van der Waals surface area contributed by atoms with Gasteiger partial charge in [0.2, 0.25) is 0 Å². The lowest BCUT2D eigenvalue weighted by Gasteiger charge is -2.29. The lowest BCUT2D eigenvalue weighted by atomic mass is 10.2. The summed E-state index contributed by atoms with van der Waals surface area (Å²) in [5.41, 5.74) is 0.891. The van der Waals surface area contributed by atoms with Crippen LogP contribution in [0.3, 0.4) is 0 Å². The van der Waals surface area contributed by atoms with Crippen molar-refractivity contribution in [2.45, 2.75) is 4.90 Å². The third-order valence-corrected chi connectivity index (χ3v) is 3.11. The van der Waals surface area contributed by atoms with Crippen LogP contribution in [-0.2, 0) is 0 Å². The van der Waals surface area contributed by atoms with Gasteiger partial charge in [-0.2, -0.15) is 0 Å². The van der Waals surface area contributed by atoms with Crippen molar-refractivity contribution in [2.24, 2.45) is 0 Å². The van der Waals surface area contributed by atoms with E-state index in [0.29, 0.717) is 13.2 Å². The molecule has 16 heavy (non-hydrogen) atoms. The van der Waals surface area contributed by atoms with Gasteiger partial charge in [0.05, 0.1) is 22.2 Å². The van der Waals surface area contributed by atoms with E-state index in [0.717, 1.165) is 10.6 Å². The molecular weight excluding hydrogens is 233 g/mol. The maximum absolute atomic E-state index is 12.3. The molecule has 0 fully saturated rings. The quantitative estimate of drug-likeness (QED) is 0.499. The number of nitrogens with zero attached hydrogens (tertiary/aromatic N) is 2. The molecule has 0 saturated heterocycles. The molecule has 0 spiro atoms. The second-order valence-corrected chi connectivity index (χ2v) is 4.20. The van der Waals surface area contributed by atoms with Crippen molar-refractivity contribution in [1.29, 1.82) is 0 Å². The number of fused-ring (bicyclic) bond motifs is 1. The summed E-state index contributed by atoms with van der Waals surface area (Å²) in [4.78, 5) is 12.7. The van der Waals surface area contributed by atoms with Crippen LogP contribution in [0.5, 0.6) is 0 Å². The molecule has 86 valence electrons. The highest BCUT2D eigenvalue weighted by Gasteiger charge is 2.19. The van der Waals surface area contributed by atoms with Crippen LogP contribution in [-0.4, -0.2) is 24.8 Å². The summed E-state index contributed by atoms with van der Waals surface area (Å²) in [6, 6.07) is 4.60. The molecule has 1 aliphatic rings. The Balaban J connectivity index is 2.32. The molecule has 0 saturated carbocycles. The molecule has 2 rings (SSSR count). The van der Waals surface area contributed by atoms with Crippen LogP contribution in [0.25, 0.3) is 0 Å². The van der Waals surface area contributed by atoms with E-state index >= 15 is 0 Å². The molecule has 1 heterocycles. The van der Waals surface area contributed by atoms with Crippen LogP contribution in [0.15, 0.2) is 23.1 Å². The van der Waals surface area contributed by atoms with E-state index in [-0.39, 0.29) is 5.69 Å². The number of hydrogen-bond donors (Lipinski definition) is 1. The number of non-ortho nitro benzene ring substituents is 1. The number of hydrogen-bond acceptors (Lipinski definition) is 5. The molecule has 5 nitrogen and oxygen atoms in total. The Bertz CT molecular complexity index is 416. The molecule has 0 radical (unpaired) electrons. The Morgan fingerprint density at radius 1 is 1.62 bits per heavy atom. The highest BCUT2D eigenvalue weighted by molar-refractivity contribution is 7.97. The van der Waals surface area contributed by atoms with E-state index in [2.05, 4.69) is 4.72 Å². The molecule has 1 aliphatic heterocycles. The van der Waals surface area contributed by atoms with Gasteiger partial charge in [0, 0.05) is 18.7 Å². The number of benzene rings is 1. The minimum absolute atomic E-state index is 0.0511. The van der Waals surface area contributed by atoms with E-state index in [4.69, 9.17) is 0 Å². The first-order valence-electron chi connectivity index (χ1n) is 4.71. The third-order valence-electron chi connectivity index (χ3n) is 2.29. The summed E-state index contributed by atoms with van der Waals surface area (Å²) in [5, 5.41) is 10.6. The average molecular weight is 243 g/mol. The van der Waals surface area contributed by atoms with Gasteiger partial charge < -0.3 is 4.90 Å². The average Bonchev–Trinajstić information content (AvgIpc) is 2.29. The summed E-state index contributed by atoms with van der Waals surface area (Å²) in [7, 11) is 0. The van der Waals surface area contributed by atoms with Crippen LogP contribution in [0, 0.1) is 10.1 Å². The van der Waals surface area contributed by atoms with Crippen LogP contribution in [0.4, 0.5) is 15.8 Å². The number of halogens is 1. The normalized spacial score (nSPS) is 14.7. The first kappa shape index (κ1) is 11.2. The molecule has 0 atom stereocenters. The molecule has 0 aliphatic carbocycles. The number of nitro benzene ring substituents is 1. The summed E-state index contributed by atoms with van der Waals surface area (Å²) in [5.74, 6) is 0. The summed E-state index contributed by atoms with van der Waals surface area (Å²) >= 11 is 1.33. The van der Waals surface area contributed by atoms with Gasteiger partial charge in [-0.3, -0.25) is 10.1 Å². The fourth-order valence-electron chi connectivity index (χ4n) is 1.53. The largest absolute Gasteiger partial charge is 0.354 e. The van der Waals surface area contributed by atoms with Crippen molar-refractivity contribution in [2.75, 3.05) is 24.8 Å². The molecule has 0 aromatic heterocycles. The number of nitro groups is 1. The highest BCUT2D eigenvalue weighted by atomic mass is 32.2. The van der Waals surface area contributed by atoms with E-state index in [1.54, 1.807) is 6.07 Å². The van der Waals surface area contributed by atoms with Crippen LogP contribution in [0.1, 0.15) is 0 Å². The van der Waals surface area contributed by atoms with E-state index < -0.39 is 11.6 Å². The first-order valence-corrected chi connectivity index (χ1v) is 5.53. The summed E-state index contributed by atoms with van der Waals surface area (Å²) in [6.45, 7) is 0.389. The van der Waals surface area contributed by atoms with E-state index in [9.17, 15) is 14.5 Å². The van der Waals surface area contributed by atoms with Gasteiger partial charge in [-0.15, -0.1) is 0 Å². The maximum Gasteiger partial charge on any atom is 0.270 e. The van der Waals surface area contributed by atoms with Crippen LogP contribution >= 0.6 is 11.9 Å².